The summed E-state index contributed by atoms with van der Waals surface area (Å²) in [5, 5.41) is 36.4. The van der Waals surface area contributed by atoms with Gasteiger partial charge in [-0.1, -0.05) is 38.0 Å². The van der Waals surface area contributed by atoms with Crippen LogP contribution in [-0.2, 0) is 6.54 Å². The number of aromatic hydroxyl groups is 1. The minimum atomic E-state index is -0.466. The lowest BCUT2D eigenvalue weighted by atomic mass is 10.1. The van der Waals surface area contributed by atoms with Gasteiger partial charge in [-0.05, 0) is 49.7 Å². The number of aromatic nitrogens is 1. The summed E-state index contributed by atoms with van der Waals surface area (Å²) < 4.78 is 1.20. The number of rotatable bonds is 8. The lowest BCUT2D eigenvalue weighted by Crippen LogP contribution is -2.22. The Hall–Kier alpha value is -4.12. The van der Waals surface area contributed by atoms with Gasteiger partial charge in [0.1, 0.15) is 11.6 Å². The van der Waals surface area contributed by atoms with Gasteiger partial charge in [0.15, 0.2) is 5.69 Å². The monoisotopic (exact) mass is 428 g/mol. The van der Waals surface area contributed by atoms with E-state index in [1.807, 2.05) is 43.3 Å². The number of nitriles is 1. The molecule has 0 unspecified atom stereocenters. The van der Waals surface area contributed by atoms with Crippen LogP contribution in [0.2, 0.25) is 0 Å². The number of pyridine rings is 1. The van der Waals surface area contributed by atoms with Crippen molar-refractivity contribution in [2.75, 3.05) is 0 Å². The van der Waals surface area contributed by atoms with Gasteiger partial charge in [-0.3, -0.25) is 9.36 Å². The predicted molar refractivity (Wildman–Crippen MR) is 123 cm³/mol. The van der Waals surface area contributed by atoms with Crippen LogP contribution in [0, 0.1) is 18.3 Å². The maximum Gasteiger partial charge on any atom is 0.281 e. The molecule has 8 heteroatoms. The Bertz CT molecular complexity index is 1220. The number of hydrogen-bond donors (Lipinski definition) is 1. The first kappa shape index (κ1) is 22.6. The Morgan fingerprint density at radius 1 is 0.906 bits per heavy atom. The number of azo groups is 2. The summed E-state index contributed by atoms with van der Waals surface area (Å²) in [7, 11) is 0. The molecule has 0 atom stereocenters. The van der Waals surface area contributed by atoms with Crippen molar-refractivity contribution in [2.45, 2.75) is 39.7 Å². The number of nitrogens with zero attached hydrogens (tertiary/aromatic N) is 6. The number of benzene rings is 2. The lowest BCUT2D eigenvalue weighted by Gasteiger charge is -2.12. The third kappa shape index (κ3) is 5.32. The van der Waals surface area contributed by atoms with E-state index in [0.717, 1.165) is 18.5 Å². The van der Waals surface area contributed by atoms with E-state index in [2.05, 4.69) is 20.5 Å². The van der Waals surface area contributed by atoms with Gasteiger partial charge < -0.3 is 5.11 Å². The van der Waals surface area contributed by atoms with Crippen LogP contribution in [-0.4, -0.2) is 9.67 Å². The van der Waals surface area contributed by atoms with E-state index in [4.69, 9.17) is 0 Å². The molecular weight excluding hydrogens is 404 g/mol. The Morgan fingerprint density at radius 3 is 2.03 bits per heavy atom. The molecule has 0 saturated carbocycles. The summed E-state index contributed by atoms with van der Waals surface area (Å²) in [6.45, 7) is 3.95. The molecule has 8 nitrogen and oxygen atoms in total. The fraction of sp³-hybridized carbons (Fsp3) is 0.250. The SMILES string of the molecule is CCCCCn1c(O)c(C#N)c(C)c(N=Nc2ccc(N=Nc3ccccc3)cc2)c1=O. The molecule has 2 aromatic carbocycles. The van der Waals surface area contributed by atoms with Crippen LogP contribution in [0.5, 0.6) is 5.88 Å². The molecule has 0 bridgehead atoms. The number of hydrogen-bond acceptors (Lipinski definition) is 7. The second kappa shape index (κ2) is 10.8. The van der Waals surface area contributed by atoms with E-state index in [9.17, 15) is 15.2 Å². The topological polar surface area (TPSA) is 115 Å². The van der Waals surface area contributed by atoms with Gasteiger partial charge in [0.05, 0.1) is 17.1 Å². The Kier molecular flexibility index (Phi) is 7.60. The molecule has 0 radical (unpaired) electrons. The average molecular weight is 428 g/mol. The largest absolute Gasteiger partial charge is 0.493 e. The molecule has 3 rings (SSSR count). The summed E-state index contributed by atoms with van der Waals surface area (Å²) in [6.07, 6.45) is 2.60. The highest BCUT2D eigenvalue weighted by molar-refractivity contribution is 5.57. The molecule has 0 aliphatic rings. The zero-order valence-electron chi connectivity index (χ0n) is 18.1. The summed E-state index contributed by atoms with van der Waals surface area (Å²) in [4.78, 5) is 12.9. The molecule has 1 heterocycles. The van der Waals surface area contributed by atoms with Crippen LogP contribution in [0.15, 0.2) is 79.8 Å². The summed E-state index contributed by atoms with van der Waals surface area (Å²) in [5.41, 5.74) is 1.84. The van der Waals surface area contributed by atoms with E-state index < -0.39 is 5.56 Å². The highest BCUT2D eigenvalue weighted by atomic mass is 16.3. The van der Waals surface area contributed by atoms with Crippen molar-refractivity contribution in [3.8, 4) is 11.9 Å². The Balaban J connectivity index is 1.85. The maximum atomic E-state index is 12.9. The molecule has 0 saturated heterocycles. The standard InChI is InChI=1S/C24H24N6O2/c1-3-4-8-15-30-23(31)21(16-25)17(2)22(24(30)32)29-28-20-13-11-19(12-14-20)27-26-18-9-6-5-7-10-18/h5-7,9-14,31H,3-4,8,15H2,1-2H3. The minimum absolute atomic E-state index is 0.0340. The zero-order chi connectivity index (χ0) is 22.9. The van der Waals surface area contributed by atoms with E-state index in [1.54, 1.807) is 31.2 Å². The molecule has 0 fully saturated rings. The minimum Gasteiger partial charge on any atom is -0.493 e. The normalized spacial score (nSPS) is 11.3. The highest BCUT2D eigenvalue weighted by Crippen LogP contribution is 2.28. The maximum absolute atomic E-state index is 12.9. The third-order valence-electron chi connectivity index (χ3n) is 4.91. The third-order valence-corrected chi connectivity index (χ3v) is 4.91. The van der Waals surface area contributed by atoms with Gasteiger partial charge in [0.25, 0.3) is 5.56 Å². The van der Waals surface area contributed by atoms with Gasteiger partial charge in [-0.15, -0.1) is 5.11 Å². The molecule has 0 spiro atoms. The first-order valence-electron chi connectivity index (χ1n) is 10.4. The second-order valence-corrected chi connectivity index (χ2v) is 7.20. The smallest absolute Gasteiger partial charge is 0.281 e. The number of unbranched alkanes of at least 4 members (excludes halogenated alkanes) is 2. The van der Waals surface area contributed by atoms with Crippen molar-refractivity contribution in [1.82, 2.24) is 4.57 Å². The van der Waals surface area contributed by atoms with Crippen molar-refractivity contribution >= 4 is 22.7 Å². The molecule has 162 valence electrons. The van der Waals surface area contributed by atoms with Crippen LogP contribution >= 0.6 is 0 Å². The summed E-state index contributed by atoms with van der Waals surface area (Å²) >= 11 is 0. The van der Waals surface area contributed by atoms with Crippen LogP contribution in [0.25, 0.3) is 0 Å². The lowest BCUT2D eigenvalue weighted by molar-refractivity contribution is 0.398. The van der Waals surface area contributed by atoms with Gasteiger partial charge in [-0.2, -0.15) is 20.6 Å². The summed E-state index contributed by atoms with van der Waals surface area (Å²) in [6, 6.07) is 18.3. The van der Waals surface area contributed by atoms with Crippen LogP contribution in [0.4, 0.5) is 22.7 Å². The van der Waals surface area contributed by atoms with Crippen molar-refractivity contribution in [3.05, 3.63) is 76.1 Å². The van der Waals surface area contributed by atoms with E-state index in [0.29, 0.717) is 29.9 Å². The Morgan fingerprint density at radius 2 is 1.47 bits per heavy atom. The van der Waals surface area contributed by atoms with Crippen molar-refractivity contribution in [1.29, 1.82) is 5.26 Å². The summed E-state index contributed by atoms with van der Waals surface area (Å²) in [5.74, 6) is -0.321. The van der Waals surface area contributed by atoms with Crippen LogP contribution in [0.1, 0.15) is 37.3 Å². The molecule has 0 aliphatic heterocycles. The van der Waals surface area contributed by atoms with E-state index >= 15 is 0 Å². The Labute approximate surface area is 186 Å². The molecule has 1 aromatic heterocycles. The first-order valence-corrected chi connectivity index (χ1v) is 10.4. The zero-order valence-corrected chi connectivity index (χ0v) is 18.1. The highest BCUT2D eigenvalue weighted by Gasteiger charge is 2.18. The van der Waals surface area contributed by atoms with Gasteiger partial charge >= 0.3 is 0 Å². The van der Waals surface area contributed by atoms with Gasteiger partial charge in [-0.25, -0.2) is 0 Å². The molecular formula is C24H24N6O2. The van der Waals surface area contributed by atoms with Crippen LogP contribution < -0.4 is 5.56 Å². The molecule has 3 aromatic rings. The molecule has 1 N–H and O–H groups in total. The van der Waals surface area contributed by atoms with Crippen molar-refractivity contribution in [3.63, 3.8) is 0 Å². The molecule has 0 aliphatic carbocycles. The fourth-order valence-corrected chi connectivity index (χ4v) is 3.09. The van der Waals surface area contributed by atoms with Crippen LogP contribution in [0.3, 0.4) is 0 Å². The first-order chi connectivity index (χ1) is 15.5. The second-order valence-electron chi connectivity index (χ2n) is 7.20. The quantitative estimate of drug-likeness (QED) is 0.316. The fourth-order valence-electron chi connectivity index (χ4n) is 3.09. The average Bonchev–Trinajstić information content (AvgIpc) is 2.81. The molecule has 0 amide bonds. The van der Waals surface area contributed by atoms with E-state index in [-0.39, 0.29) is 17.1 Å². The van der Waals surface area contributed by atoms with Crippen molar-refractivity contribution < 1.29 is 5.11 Å². The van der Waals surface area contributed by atoms with Crippen molar-refractivity contribution in [2.24, 2.45) is 20.5 Å². The van der Waals surface area contributed by atoms with E-state index in [1.165, 1.54) is 4.57 Å². The predicted octanol–water partition coefficient (Wildman–Crippen LogP) is 6.76. The van der Waals surface area contributed by atoms with Gasteiger partial charge in [0.2, 0.25) is 5.88 Å². The van der Waals surface area contributed by atoms with Gasteiger partial charge in [0, 0.05) is 12.1 Å². The molecule has 32 heavy (non-hydrogen) atoms.